The van der Waals surface area contributed by atoms with E-state index in [1.165, 1.54) is 4.31 Å². The van der Waals surface area contributed by atoms with Gasteiger partial charge in [0.05, 0.1) is 0 Å². The second kappa shape index (κ2) is 4.87. The topological polar surface area (TPSA) is 40.5 Å². The fraction of sp³-hybridized carbons (Fsp3) is 0.800. The number of likely N-dealkylation sites (N-methyl/N-ethyl adjacent to an activating group) is 1. The maximum absolute atomic E-state index is 10.4. The Morgan fingerprint density at radius 1 is 1.80 bits per heavy atom. The van der Waals surface area contributed by atoms with E-state index in [4.69, 9.17) is 5.11 Å². The lowest BCUT2D eigenvalue weighted by Gasteiger charge is -2.18. The standard InChI is InChI=1S/C5H11NO2S2/c1-2-6(10)4(3-9)5(7)8/h4,9-10H,2-3H2,1H3,(H,7,8)/t4-/m0/s1. The van der Waals surface area contributed by atoms with Crippen molar-refractivity contribution in [1.29, 1.82) is 0 Å². The molecule has 0 radical (unpaired) electrons. The summed E-state index contributed by atoms with van der Waals surface area (Å²) in [6.45, 7) is 2.44. The number of carboxylic acid groups (broad SMARTS) is 1. The van der Waals surface area contributed by atoms with Gasteiger partial charge in [-0.1, -0.05) is 19.7 Å². The smallest absolute Gasteiger partial charge is 0.322 e. The molecular formula is C5H11NO2S2. The van der Waals surface area contributed by atoms with Crippen molar-refractivity contribution in [2.24, 2.45) is 0 Å². The molecule has 0 spiro atoms. The first-order valence-corrected chi connectivity index (χ1v) is 3.95. The molecule has 0 heterocycles. The first-order valence-electron chi connectivity index (χ1n) is 2.92. The summed E-state index contributed by atoms with van der Waals surface area (Å²) in [5.41, 5.74) is 0. The molecule has 0 aliphatic heterocycles. The molecule has 0 bridgehead atoms. The van der Waals surface area contributed by atoms with Crippen molar-refractivity contribution in [3.8, 4) is 0 Å². The molecule has 0 fully saturated rings. The quantitative estimate of drug-likeness (QED) is 0.554. The predicted octanol–water partition coefficient (Wildman–Crippen LogP) is 0.536. The molecule has 0 saturated heterocycles. The van der Waals surface area contributed by atoms with Gasteiger partial charge in [-0.3, -0.25) is 4.79 Å². The van der Waals surface area contributed by atoms with Gasteiger partial charge >= 0.3 is 5.97 Å². The lowest BCUT2D eigenvalue weighted by atomic mass is 10.3. The van der Waals surface area contributed by atoms with E-state index in [9.17, 15) is 4.79 Å². The molecule has 0 aromatic carbocycles. The molecule has 60 valence electrons. The minimum Gasteiger partial charge on any atom is -0.480 e. The summed E-state index contributed by atoms with van der Waals surface area (Å²) in [5, 5.41) is 8.54. The summed E-state index contributed by atoms with van der Waals surface area (Å²) in [7, 11) is 0. The number of rotatable bonds is 4. The minimum atomic E-state index is -0.883. The highest BCUT2D eigenvalue weighted by Gasteiger charge is 2.19. The van der Waals surface area contributed by atoms with Gasteiger partial charge in [0, 0.05) is 12.3 Å². The highest BCUT2D eigenvalue weighted by Crippen LogP contribution is 2.03. The fourth-order valence-electron chi connectivity index (χ4n) is 0.520. The molecule has 0 rings (SSSR count). The summed E-state index contributed by atoms with van der Waals surface area (Å²) in [6.07, 6.45) is 0. The van der Waals surface area contributed by atoms with Crippen molar-refractivity contribution < 1.29 is 9.90 Å². The Morgan fingerprint density at radius 3 is 2.40 bits per heavy atom. The third kappa shape index (κ3) is 2.81. The second-order valence-electron chi connectivity index (χ2n) is 1.79. The number of hydrogen-bond acceptors (Lipinski definition) is 4. The summed E-state index contributed by atoms with van der Waals surface area (Å²) >= 11 is 7.82. The Kier molecular flexibility index (Phi) is 4.93. The summed E-state index contributed by atoms with van der Waals surface area (Å²) in [6, 6.07) is -0.586. The summed E-state index contributed by atoms with van der Waals surface area (Å²) < 4.78 is 1.44. The van der Waals surface area contributed by atoms with Gasteiger partial charge in [0.2, 0.25) is 0 Å². The van der Waals surface area contributed by atoms with E-state index in [0.717, 1.165) is 0 Å². The maximum Gasteiger partial charge on any atom is 0.322 e. The van der Waals surface area contributed by atoms with E-state index in [1.54, 1.807) is 0 Å². The van der Waals surface area contributed by atoms with Gasteiger partial charge in [-0.15, -0.1) is 0 Å². The molecule has 0 aromatic rings. The van der Waals surface area contributed by atoms with Gasteiger partial charge in [0.25, 0.3) is 0 Å². The molecule has 0 aliphatic rings. The van der Waals surface area contributed by atoms with Crippen LogP contribution in [0.1, 0.15) is 6.92 Å². The zero-order valence-electron chi connectivity index (χ0n) is 5.69. The number of carboxylic acids is 1. The first-order chi connectivity index (χ1) is 4.63. The van der Waals surface area contributed by atoms with Crippen LogP contribution in [0.15, 0.2) is 0 Å². The van der Waals surface area contributed by atoms with E-state index < -0.39 is 12.0 Å². The molecule has 0 unspecified atom stereocenters. The third-order valence-electron chi connectivity index (χ3n) is 1.14. The molecular weight excluding hydrogens is 170 g/mol. The van der Waals surface area contributed by atoms with Crippen molar-refractivity contribution in [3.63, 3.8) is 0 Å². The summed E-state index contributed by atoms with van der Waals surface area (Å²) in [4.78, 5) is 10.4. The Balaban J connectivity index is 3.92. The predicted molar refractivity (Wildman–Crippen MR) is 46.6 cm³/mol. The van der Waals surface area contributed by atoms with Crippen LogP contribution < -0.4 is 0 Å². The van der Waals surface area contributed by atoms with Crippen molar-refractivity contribution in [2.45, 2.75) is 13.0 Å². The van der Waals surface area contributed by atoms with Crippen LogP contribution in [-0.4, -0.2) is 33.7 Å². The van der Waals surface area contributed by atoms with Crippen LogP contribution in [0, 0.1) is 0 Å². The molecule has 5 heteroatoms. The van der Waals surface area contributed by atoms with E-state index >= 15 is 0 Å². The summed E-state index contributed by atoms with van der Waals surface area (Å²) in [5.74, 6) is -0.598. The zero-order valence-corrected chi connectivity index (χ0v) is 7.48. The first kappa shape index (κ1) is 10.1. The van der Waals surface area contributed by atoms with Gasteiger partial charge in [0.1, 0.15) is 6.04 Å². The normalized spacial score (nSPS) is 13.6. The van der Waals surface area contributed by atoms with Gasteiger partial charge < -0.3 is 5.11 Å². The van der Waals surface area contributed by atoms with Gasteiger partial charge in [-0.05, 0) is 0 Å². The number of hydrogen-bond donors (Lipinski definition) is 3. The fourth-order valence-corrected chi connectivity index (χ4v) is 1.18. The van der Waals surface area contributed by atoms with Crippen LogP contribution in [0.3, 0.4) is 0 Å². The monoisotopic (exact) mass is 181 g/mol. The lowest BCUT2D eigenvalue weighted by Crippen LogP contribution is -2.36. The highest BCUT2D eigenvalue weighted by atomic mass is 32.1. The van der Waals surface area contributed by atoms with Crippen molar-refractivity contribution >= 4 is 31.4 Å². The SMILES string of the molecule is CCN(S)[C@@H](CS)C(=O)O. The van der Waals surface area contributed by atoms with Crippen molar-refractivity contribution in [2.75, 3.05) is 12.3 Å². The van der Waals surface area contributed by atoms with Crippen LogP contribution in [-0.2, 0) is 4.79 Å². The number of carbonyl (C=O) groups is 1. The number of aliphatic carboxylic acids is 1. The third-order valence-corrected chi connectivity index (χ3v) is 2.05. The number of nitrogens with zero attached hydrogens (tertiary/aromatic N) is 1. The van der Waals surface area contributed by atoms with Crippen LogP contribution in [0.5, 0.6) is 0 Å². The van der Waals surface area contributed by atoms with E-state index in [0.29, 0.717) is 6.54 Å². The molecule has 0 aliphatic carbocycles. The van der Waals surface area contributed by atoms with Gasteiger partial charge in [-0.2, -0.15) is 12.6 Å². The van der Waals surface area contributed by atoms with Crippen molar-refractivity contribution in [1.82, 2.24) is 4.31 Å². The largest absolute Gasteiger partial charge is 0.480 e. The second-order valence-corrected chi connectivity index (χ2v) is 2.67. The van der Waals surface area contributed by atoms with Crippen molar-refractivity contribution in [3.05, 3.63) is 0 Å². The van der Waals surface area contributed by atoms with Gasteiger partial charge in [0.15, 0.2) is 0 Å². The molecule has 1 N–H and O–H groups in total. The molecule has 3 nitrogen and oxygen atoms in total. The number of thiol groups is 2. The molecule has 0 saturated carbocycles. The minimum absolute atomic E-state index is 0.284. The Morgan fingerprint density at radius 2 is 2.30 bits per heavy atom. The maximum atomic E-state index is 10.4. The molecule has 0 amide bonds. The lowest BCUT2D eigenvalue weighted by molar-refractivity contribution is -0.140. The van der Waals surface area contributed by atoms with Crippen LogP contribution >= 0.6 is 25.4 Å². The van der Waals surface area contributed by atoms with Gasteiger partial charge in [-0.25, -0.2) is 4.31 Å². The van der Waals surface area contributed by atoms with E-state index in [1.807, 2.05) is 6.92 Å². The highest BCUT2D eigenvalue weighted by molar-refractivity contribution is 7.80. The van der Waals surface area contributed by atoms with Crippen LogP contribution in [0.25, 0.3) is 0 Å². The molecule has 1 atom stereocenters. The Bertz CT molecular complexity index is 120. The zero-order chi connectivity index (χ0) is 8.15. The Hall–Kier alpha value is 0.130. The Labute approximate surface area is 71.4 Å². The molecule has 10 heavy (non-hydrogen) atoms. The molecule has 0 aromatic heterocycles. The average Bonchev–Trinajstić information content (AvgIpc) is 1.88. The van der Waals surface area contributed by atoms with Crippen LogP contribution in [0.2, 0.25) is 0 Å². The van der Waals surface area contributed by atoms with E-state index in [2.05, 4.69) is 25.4 Å². The average molecular weight is 181 g/mol. The van der Waals surface area contributed by atoms with E-state index in [-0.39, 0.29) is 5.75 Å². The van der Waals surface area contributed by atoms with Crippen LogP contribution in [0.4, 0.5) is 0 Å².